The van der Waals surface area contributed by atoms with E-state index in [0.29, 0.717) is 56.3 Å². The molecule has 8 heteroatoms. The van der Waals surface area contributed by atoms with Gasteiger partial charge in [-0.2, -0.15) is 0 Å². The highest BCUT2D eigenvalue weighted by atomic mass is 16.5. The van der Waals surface area contributed by atoms with Gasteiger partial charge in [-0.3, -0.25) is 14.6 Å². The summed E-state index contributed by atoms with van der Waals surface area (Å²) < 4.78 is 16.6. The second-order valence-electron chi connectivity index (χ2n) is 8.85. The van der Waals surface area contributed by atoms with E-state index in [1.807, 2.05) is 30.3 Å². The maximum absolute atomic E-state index is 13.2. The quantitative estimate of drug-likeness (QED) is 0.556. The number of likely N-dealkylation sites (N-methyl/N-ethyl adjacent to an activating group) is 1. The number of benzene rings is 2. The van der Waals surface area contributed by atoms with Crippen LogP contribution in [0.5, 0.6) is 17.2 Å². The number of imide groups is 1. The Morgan fingerprint density at radius 1 is 0.912 bits per heavy atom. The van der Waals surface area contributed by atoms with Gasteiger partial charge in [0.25, 0.3) is 5.91 Å². The summed E-state index contributed by atoms with van der Waals surface area (Å²) in [6.45, 7) is 2.52. The fourth-order valence-electron chi connectivity index (χ4n) is 5.10. The zero-order valence-electron chi connectivity index (χ0n) is 20.4. The van der Waals surface area contributed by atoms with Crippen molar-refractivity contribution >= 4 is 11.9 Å². The largest absolute Gasteiger partial charge is 0.496 e. The molecular formula is C26H33N3O5. The fraction of sp³-hybridized carbons (Fsp3) is 0.462. The molecule has 34 heavy (non-hydrogen) atoms. The van der Waals surface area contributed by atoms with Crippen molar-refractivity contribution in [2.24, 2.45) is 0 Å². The first-order chi connectivity index (χ1) is 16.4. The Kier molecular flexibility index (Phi) is 6.97. The molecule has 0 aliphatic carbocycles. The summed E-state index contributed by atoms with van der Waals surface area (Å²) in [4.78, 5) is 31.6. The average Bonchev–Trinajstić information content (AvgIpc) is 3.05. The maximum Gasteiger partial charge on any atom is 0.327 e. The number of nitrogens with zero attached hydrogens (tertiary/aromatic N) is 3. The number of urea groups is 1. The van der Waals surface area contributed by atoms with E-state index in [2.05, 4.69) is 17.0 Å². The summed E-state index contributed by atoms with van der Waals surface area (Å²) in [5, 5.41) is 0. The molecule has 1 spiro atoms. The zero-order chi connectivity index (χ0) is 24.3. The van der Waals surface area contributed by atoms with Crippen molar-refractivity contribution in [1.29, 1.82) is 0 Å². The van der Waals surface area contributed by atoms with Gasteiger partial charge in [0.2, 0.25) is 0 Å². The Morgan fingerprint density at radius 2 is 1.53 bits per heavy atom. The molecule has 0 unspecified atom stereocenters. The molecule has 2 aliphatic heterocycles. The Bertz CT molecular complexity index is 1010. The molecule has 2 heterocycles. The molecule has 182 valence electrons. The van der Waals surface area contributed by atoms with Gasteiger partial charge in [-0.1, -0.05) is 30.3 Å². The molecule has 0 N–H and O–H groups in total. The maximum atomic E-state index is 13.2. The number of hydrogen-bond acceptors (Lipinski definition) is 6. The fourth-order valence-corrected chi connectivity index (χ4v) is 5.10. The lowest BCUT2D eigenvalue weighted by atomic mass is 9.85. The van der Waals surface area contributed by atoms with Crippen LogP contribution in [0.25, 0.3) is 0 Å². The van der Waals surface area contributed by atoms with E-state index < -0.39 is 5.54 Å². The van der Waals surface area contributed by atoms with E-state index in [9.17, 15) is 9.59 Å². The topological polar surface area (TPSA) is 71.6 Å². The molecule has 0 atom stereocenters. The molecule has 2 aliphatic rings. The highest BCUT2D eigenvalue weighted by Gasteiger charge is 2.56. The normalized spacial score (nSPS) is 18.0. The lowest BCUT2D eigenvalue weighted by Gasteiger charge is -2.42. The first-order valence-corrected chi connectivity index (χ1v) is 11.6. The minimum absolute atomic E-state index is 0.0928. The van der Waals surface area contributed by atoms with E-state index >= 15 is 0 Å². The lowest BCUT2D eigenvalue weighted by Crippen LogP contribution is -2.56. The number of ether oxygens (including phenoxy) is 3. The van der Waals surface area contributed by atoms with Crippen molar-refractivity contribution < 1.29 is 23.8 Å². The van der Waals surface area contributed by atoms with Gasteiger partial charge in [0, 0.05) is 45.4 Å². The third-order valence-electron chi connectivity index (χ3n) is 7.09. The molecule has 0 radical (unpaired) electrons. The van der Waals surface area contributed by atoms with Crippen molar-refractivity contribution in [2.45, 2.75) is 31.3 Å². The monoisotopic (exact) mass is 467 g/mol. The standard InChI is InChI=1S/C26H33N3O5/c1-27-24(30)26(29(25(27)31)13-10-19-8-6-5-7-9-19)11-14-28(15-12-26)18-21-22(33-3)16-20(32-2)17-23(21)34-4/h5-9,16-17H,10-15,18H2,1-4H3. The molecule has 8 nitrogen and oxygen atoms in total. The van der Waals surface area contributed by atoms with Gasteiger partial charge in [0.1, 0.15) is 22.8 Å². The SMILES string of the molecule is COc1cc(OC)c(CN2CCC3(CC2)C(=O)N(C)C(=O)N3CCc2ccccc2)c(OC)c1. The predicted molar refractivity (Wildman–Crippen MR) is 128 cm³/mol. The predicted octanol–water partition coefficient (Wildman–Crippen LogP) is 3.18. The number of rotatable bonds is 8. The van der Waals surface area contributed by atoms with Crippen molar-refractivity contribution in [3.63, 3.8) is 0 Å². The Balaban J connectivity index is 1.50. The van der Waals surface area contributed by atoms with Gasteiger partial charge < -0.3 is 19.1 Å². The number of carbonyl (C=O) groups excluding carboxylic acids is 2. The van der Waals surface area contributed by atoms with Gasteiger partial charge in [-0.25, -0.2) is 4.79 Å². The van der Waals surface area contributed by atoms with Gasteiger partial charge in [0.15, 0.2) is 0 Å². The van der Waals surface area contributed by atoms with Crippen molar-refractivity contribution in [3.8, 4) is 17.2 Å². The number of piperidine rings is 1. The summed E-state index contributed by atoms with van der Waals surface area (Å²) in [7, 11) is 6.46. The molecule has 0 bridgehead atoms. The van der Waals surface area contributed by atoms with Crippen LogP contribution < -0.4 is 14.2 Å². The summed E-state index contributed by atoms with van der Waals surface area (Å²) in [5.41, 5.74) is 1.32. The molecule has 0 aromatic heterocycles. The number of hydrogen-bond donors (Lipinski definition) is 0. The van der Waals surface area contributed by atoms with Crippen LogP contribution in [0, 0.1) is 0 Å². The average molecular weight is 468 g/mol. The lowest BCUT2D eigenvalue weighted by molar-refractivity contribution is -0.134. The van der Waals surface area contributed by atoms with Crippen molar-refractivity contribution in [1.82, 2.24) is 14.7 Å². The van der Waals surface area contributed by atoms with Crippen LogP contribution in [0.4, 0.5) is 4.79 Å². The molecular weight excluding hydrogens is 434 g/mol. The van der Waals surface area contributed by atoms with E-state index in [-0.39, 0.29) is 11.9 Å². The van der Waals surface area contributed by atoms with Crippen molar-refractivity contribution in [2.75, 3.05) is 48.0 Å². The minimum atomic E-state index is -0.773. The van der Waals surface area contributed by atoms with Crippen LogP contribution >= 0.6 is 0 Å². The van der Waals surface area contributed by atoms with Crippen LogP contribution in [0.2, 0.25) is 0 Å². The smallest absolute Gasteiger partial charge is 0.327 e. The van der Waals surface area contributed by atoms with Gasteiger partial charge in [-0.15, -0.1) is 0 Å². The van der Waals surface area contributed by atoms with Gasteiger partial charge in [-0.05, 0) is 24.8 Å². The van der Waals surface area contributed by atoms with Crippen LogP contribution in [0.15, 0.2) is 42.5 Å². The van der Waals surface area contributed by atoms with Gasteiger partial charge in [0.05, 0.1) is 26.9 Å². The van der Waals surface area contributed by atoms with E-state index in [1.54, 1.807) is 33.3 Å². The molecule has 2 aromatic carbocycles. The number of carbonyl (C=O) groups is 2. The Hall–Kier alpha value is -3.26. The number of methoxy groups -OCH3 is 3. The zero-order valence-corrected chi connectivity index (χ0v) is 20.4. The van der Waals surface area contributed by atoms with Crippen molar-refractivity contribution in [3.05, 3.63) is 53.6 Å². The highest BCUT2D eigenvalue weighted by Crippen LogP contribution is 2.39. The summed E-state index contributed by atoms with van der Waals surface area (Å²) in [6, 6.07) is 13.6. The molecule has 4 rings (SSSR count). The Morgan fingerprint density at radius 3 is 2.09 bits per heavy atom. The summed E-state index contributed by atoms with van der Waals surface area (Å²) in [6.07, 6.45) is 1.91. The highest BCUT2D eigenvalue weighted by molar-refractivity contribution is 6.06. The van der Waals surface area contributed by atoms with E-state index in [4.69, 9.17) is 14.2 Å². The Labute approximate surface area is 201 Å². The summed E-state index contributed by atoms with van der Waals surface area (Å²) >= 11 is 0. The molecule has 3 amide bonds. The third kappa shape index (κ3) is 4.30. The van der Waals surface area contributed by atoms with Crippen LogP contribution in [0.1, 0.15) is 24.0 Å². The van der Waals surface area contributed by atoms with E-state index in [1.165, 1.54) is 4.90 Å². The van der Waals surface area contributed by atoms with Crippen LogP contribution in [-0.4, -0.2) is 80.2 Å². The second-order valence-corrected chi connectivity index (χ2v) is 8.85. The second kappa shape index (κ2) is 9.93. The number of amides is 3. The molecule has 2 saturated heterocycles. The first kappa shape index (κ1) is 23.9. The first-order valence-electron chi connectivity index (χ1n) is 11.6. The molecule has 2 fully saturated rings. The third-order valence-corrected chi connectivity index (χ3v) is 7.09. The minimum Gasteiger partial charge on any atom is -0.496 e. The van der Waals surface area contributed by atoms with Gasteiger partial charge >= 0.3 is 6.03 Å². The van der Waals surface area contributed by atoms with Crippen LogP contribution in [0.3, 0.4) is 0 Å². The van der Waals surface area contributed by atoms with E-state index in [0.717, 1.165) is 17.5 Å². The van der Waals surface area contributed by atoms with Crippen LogP contribution in [-0.2, 0) is 17.8 Å². The summed E-state index contributed by atoms with van der Waals surface area (Å²) in [5.74, 6) is 1.98. The number of likely N-dealkylation sites (tertiary alicyclic amines) is 1. The molecule has 2 aromatic rings. The molecule has 0 saturated carbocycles.